The van der Waals surface area contributed by atoms with Crippen LogP contribution in [0.4, 0.5) is 0 Å². The molecule has 1 aliphatic rings. The number of rotatable bonds is 2. The molecule has 0 N–H and O–H groups in total. The number of carbonyl (C=O) groups excluding carboxylic acids is 1. The van der Waals surface area contributed by atoms with Crippen molar-refractivity contribution in [3.63, 3.8) is 0 Å². The second kappa shape index (κ2) is 4.26. The summed E-state index contributed by atoms with van der Waals surface area (Å²) in [7, 11) is 1.70. The van der Waals surface area contributed by atoms with Crippen LogP contribution in [-0.2, 0) is 9.53 Å². The van der Waals surface area contributed by atoms with Gasteiger partial charge in [-0.2, -0.15) is 0 Å². The maximum absolute atomic E-state index is 11.5. The van der Waals surface area contributed by atoms with Crippen molar-refractivity contribution in [3.05, 3.63) is 12.8 Å². The van der Waals surface area contributed by atoms with E-state index in [1.165, 1.54) is 11.1 Å². The Labute approximate surface area is 73.0 Å². The highest BCUT2D eigenvalue weighted by atomic mass is 16.5. The van der Waals surface area contributed by atoms with Crippen LogP contribution in [-0.4, -0.2) is 30.6 Å². The molecule has 1 amide bonds. The fourth-order valence-electron chi connectivity index (χ4n) is 1.25. The van der Waals surface area contributed by atoms with Crippen molar-refractivity contribution in [1.29, 1.82) is 0 Å². The zero-order chi connectivity index (χ0) is 8.97. The summed E-state index contributed by atoms with van der Waals surface area (Å²) in [5, 5.41) is 0. The van der Waals surface area contributed by atoms with Crippen LogP contribution in [0.1, 0.15) is 19.3 Å². The minimum absolute atomic E-state index is 0.0182. The van der Waals surface area contributed by atoms with E-state index in [1.807, 2.05) is 0 Å². The molecule has 3 nitrogen and oxygen atoms in total. The number of carbonyl (C=O) groups is 1. The van der Waals surface area contributed by atoms with Crippen molar-refractivity contribution in [2.24, 2.45) is 0 Å². The Kier molecular flexibility index (Phi) is 3.29. The SMILES string of the molecule is C=CN(C)C(=O)C1CCCCO1. The van der Waals surface area contributed by atoms with Gasteiger partial charge in [0, 0.05) is 13.7 Å². The smallest absolute Gasteiger partial charge is 0.255 e. The molecular weight excluding hydrogens is 154 g/mol. The van der Waals surface area contributed by atoms with E-state index in [1.54, 1.807) is 7.05 Å². The predicted molar refractivity (Wildman–Crippen MR) is 46.6 cm³/mol. The highest BCUT2D eigenvalue weighted by molar-refractivity contribution is 5.81. The molecule has 1 fully saturated rings. The molecule has 0 aromatic heterocycles. The third-order valence-corrected chi connectivity index (χ3v) is 2.08. The van der Waals surface area contributed by atoms with Gasteiger partial charge < -0.3 is 9.64 Å². The van der Waals surface area contributed by atoms with Crippen molar-refractivity contribution in [2.75, 3.05) is 13.7 Å². The molecule has 1 unspecified atom stereocenters. The lowest BCUT2D eigenvalue weighted by Gasteiger charge is -2.24. The van der Waals surface area contributed by atoms with Gasteiger partial charge in [0.2, 0.25) is 0 Å². The predicted octanol–water partition coefficient (Wildman–Crippen LogP) is 1.16. The van der Waals surface area contributed by atoms with E-state index in [0.717, 1.165) is 19.3 Å². The van der Waals surface area contributed by atoms with E-state index in [4.69, 9.17) is 4.74 Å². The Morgan fingerprint density at radius 3 is 2.92 bits per heavy atom. The van der Waals surface area contributed by atoms with E-state index in [2.05, 4.69) is 6.58 Å². The fraction of sp³-hybridized carbons (Fsp3) is 0.667. The Morgan fingerprint density at radius 2 is 2.42 bits per heavy atom. The van der Waals surface area contributed by atoms with Gasteiger partial charge in [-0.3, -0.25) is 4.79 Å². The topological polar surface area (TPSA) is 29.5 Å². The van der Waals surface area contributed by atoms with Crippen molar-refractivity contribution >= 4 is 5.91 Å². The summed E-state index contributed by atoms with van der Waals surface area (Å²) in [5.41, 5.74) is 0. The molecule has 0 spiro atoms. The van der Waals surface area contributed by atoms with Crippen molar-refractivity contribution in [1.82, 2.24) is 4.90 Å². The zero-order valence-electron chi connectivity index (χ0n) is 7.45. The fourth-order valence-corrected chi connectivity index (χ4v) is 1.25. The lowest BCUT2D eigenvalue weighted by atomic mass is 10.1. The van der Waals surface area contributed by atoms with E-state index in [9.17, 15) is 4.79 Å². The lowest BCUT2D eigenvalue weighted by molar-refractivity contribution is -0.142. The van der Waals surface area contributed by atoms with Crippen LogP contribution in [0.25, 0.3) is 0 Å². The Hall–Kier alpha value is -0.830. The normalized spacial score (nSPS) is 23.2. The van der Waals surface area contributed by atoms with Crippen LogP contribution in [0.5, 0.6) is 0 Å². The molecule has 12 heavy (non-hydrogen) atoms. The molecule has 0 saturated carbocycles. The van der Waals surface area contributed by atoms with Gasteiger partial charge in [0.1, 0.15) is 6.10 Å². The average Bonchev–Trinajstić information content (AvgIpc) is 2.17. The van der Waals surface area contributed by atoms with Crippen molar-refractivity contribution < 1.29 is 9.53 Å². The van der Waals surface area contributed by atoms with Gasteiger partial charge in [0.15, 0.2) is 0 Å². The van der Waals surface area contributed by atoms with Gasteiger partial charge in [0.05, 0.1) is 0 Å². The standard InChI is InChI=1S/C9H15NO2/c1-3-10(2)9(11)8-6-4-5-7-12-8/h3,8H,1,4-7H2,2H3. The number of likely N-dealkylation sites (N-methyl/N-ethyl adjacent to an activating group) is 1. The van der Waals surface area contributed by atoms with Gasteiger partial charge in [0.25, 0.3) is 5.91 Å². The zero-order valence-corrected chi connectivity index (χ0v) is 7.45. The molecule has 1 saturated heterocycles. The molecule has 1 atom stereocenters. The third-order valence-electron chi connectivity index (χ3n) is 2.08. The second-order valence-electron chi connectivity index (χ2n) is 2.99. The Balaban J connectivity index is 2.44. The summed E-state index contributed by atoms with van der Waals surface area (Å²) in [5.74, 6) is 0.0182. The van der Waals surface area contributed by atoms with E-state index in [-0.39, 0.29) is 12.0 Å². The van der Waals surface area contributed by atoms with Crippen LogP contribution in [0, 0.1) is 0 Å². The number of ether oxygens (including phenoxy) is 1. The van der Waals surface area contributed by atoms with Gasteiger partial charge >= 0.3 is 0 Å². The third kappa shape index (κ3) is 2.08. The lowest BCUT2D eigenvalue weighted by Crippen LogP contribution is -2.36. The van der Waals surface area contributed by atoms with Crippen LogP contribution >= 0.6 is 0 Å². The van der Waals surface area contributed by atoms with E-state index in [0.29, 0.717) is 6.61 Å². The first-order chi connectivity index (χ1) is 5.75. The first-order valence-corrected chi connectivity index (χ1v) is 4.26. The average molecular weight is 169 g/mol. The quantitative estimate of drug-likeness (QED) is 0.620. The highest BCUT2D eigenvalue weighted by Crippen LogP contribution is 2.14. The molecule has 1 heterocycles. The largest absolute Gasteiger partial charge is 0.368 e. The first-order valence-electron chi connectivity index (χ1n) is 4.26. The van der Waals surface area contributed by atoms with Crippen LogP contribution < -0.4 is 0 Å². The van der Waals surface area contributed by atoms with Crippen LogP contribution in [0.3, 0.4) is 0 Å². The molecule has 0 aromatic rings. The minimum Gasteiger partial charge on any atom is -0.368 e. The van der Waals surface area contributed by atoms with Gasteiger partial charge in [-0.05, 0) is 25.5 Å². The molecule has 1 aliphatic heterocycles. The molecule has 68 valence electrons. The van der Waals surface area contributed by atoms with Gasteiger partial charge in [-0.1, -0.05) is 6.58 Å². The number of hydrogen-bond acceptors (Lipinski definition) is 2. The monoisotopic (exact) mass is 169 g/mol. The second-order valence-corrected chi connectivity index (χ2v) is 2.99. The molecule has 0 bridgehead atoms. The minimum atomic E-state index is -0.234. The van der Waals surface area contributed by atoms with Crippen LogP contribution in [0.15, 0.2) is 12.8 Å². The number of hydrogen-bond donors (Lipinski definition) is 0. The number of amides is 1. The first kappa shape index (κ1) is 9.26. The summed E-state index contributed by atoms with van der Waals surface area (Å²) in [6, 6.07) is 0. The van der Waals surface area contributed by atoms with Gasteiger partial charge in [-0.25, -0.2) is 0 Å². The summed E-state index contributed by atoms with van der Waals surface area (Å²) in [6.07, 6.45) is 4.28. The molecule has 0 radical (unpaired) electrons. The summed E-state index contributed by atoms with van der Waals surface area (Å²) >= 11 is 0. The molecule has 0 aromatic carbocycles. The van der Waals surface area contributed by atoms with Crippen molar-refractivity contribution in [2.45, 2.75) is 25.4 Å². The summed E-state index contributed by atoms with van der Waals surface area (Å²) < 4.78 is 5.32. The Morgan fingerprint density at radius 1 is 1.67 bits per heavy atom. The van der Waals surface area contributed by atoms with E-state index < -0.39 is 0 Å². The summed E-state index contributed by atoms with van der Waals surface area (Å²) in [4.78, 5) is 12.9. The van der Waals surface area contributed by atoms with E-state index >= 15 is 0 Å². The van der Waals surface area contributed by atoms with Crippen LogP contribution in [0.2, 0.25) is 0 Å². The molecular formula is C9H15NO2. The molecule has 3 heteroatoms. The Bertz CT molecular complexity index is 173. The summed E-state index contributed by atoms with van der Waals surface area (Å²) in [6.45, 7) is 4.24. The van der Waals surface area contributed by atoms with Crippen molar-refractivity contribution in [3.8, 4) is 0 Å². The maximum atomic E-state index is 11.5. The maximum Gasteiger partial charge on any atom is 0.255 e. The van der Waals surface area contributed by atoms with Gasteiger partial charge in [-0.15, -0.1) is 0 Å². The number of nitrogens with zero attached hydrogens (tertiary/aromatic N) is 1. The highest BCUT2D eigenvalue weighted by Gasteiger charge is 2.23. The molecule has 1 rings (SSSR count). The molecule has 0 aliphatic carbocycles.